The number of hydrogen-bond donors (Lipinski definition) is 1. The summed E-state index contributed by atoms with van der Waals surface area (Å²) in [5.74, 6) is 2.50. The van der Waals surface area contributed by atoms with E-state index in [0.29, 0.717) is 10.8 Å². The van der Waals surface area contributed by atoms with Crippen LogP contribution in [0.2, 0.25) is 5.02 Å². The van der Waals surface area contributed by atoms with Gasteiger partial charge in [0, 0.05) is 44.5 Å². The molecular formula is C21H28ClN5O2. The summed E-state index contributed by atoms with van der Waals surface area (Å²) in [5.41, 5.74) is 2.57. The van der Waals surface area contributed by atoms with Gasteiger partial charge in [0.2, 0.25) is 0 Å². The van der Waals surface area contributed by atoms with Crippen molar-refractivity contribution in [3.8, 4) is 5.75 Å². The third-order valence-electron chi connectivity index (χ3n) is 4.74. The highest BCUT2D eigenvalue weighted by molar-refractivity contribution is 6.33. The Labute approximate surface area is 176 Å². The lowest BCUT2D eigenvalue weighted by atomic mass is 10.2. The molecule has 0 fully saturated rings. The van der Waals surface area contributed by atoms with Crippen molar-refractivity contribution in [2.45, 2.75) is 26.7 Å². The Hall–Kier alpha value is -2.51. The van der Waals surface area contributed by atoms with Crippen molar-refractivity contribution in [1.29, 1.82) is 0 Å². The van der Waals surface area contributed by atoms with Crippen LogP contribution in [-0.4, -0.2) is 48.5 Å². The molecule has 0 radical (unpaired) electrons. The summed E-state index contributed by atoms with van der Waals surface area (Å²) in [5, 5.41) is 8.47. The molecule has 0 amide bonds. The highest BCUT2D eigenvalue weighted by Crippen LogP contribution is 2.33. The van der Waals surface area contributed by atoms with Crippen molar-refractivity contribution in [1.82, 2.24) is 14.6 Å². The second-order valence-corrected chi connectivity index (χ2v) is 7.22. The molecule has 0 spiro atoms. The van der Waals surface area contributed by atoms with Gasteiger partial charge in [-0.2, -0.15) is 9.61 Å². The molecule has 0 atom stereocenters. The predicted octanol–water partition coefficient (Wildman–Crippen LogP) is 4.70. The van der Waals surface area contributed by atoms with Crippen molar-refractivity contribution in [2.24, 2.45) is 0 Å². The summed E-state index contributed by atoms with van der Waals surface area (Å²) in [7, 11) is 3.35. The fourth-order valence-electron chi connectivity index (χ4n) is 3.35. The average molecular weight is 418 g/mol. The van der Waals surface area contributed by atoms with E-state index in [4.69, 9.17) is 26.1 Å². The first-order valence-electron chi connectivity index (χ1n) is 9.77. The number of nitrogens with one attached hydrogen (secondary N) is 1. The van der Waals surface area contributed by atoms with Crippen LogP contribution < -0.4 is 15.0 Å². The SMILES string of the molecule is CCCN(CCCOC)c1c(C)c(Nc2ccc(OC)cc2Cl)nc2ccnn12. The number of ether oxygens (including phenoxy) is 2. The van der Waals surface area contributed by atoms with Gasteiger partial charge in [-0.3, -0.25) is 0 Å². The van der Waals surface area contributed by atoms with E-state index in [9.17, 15) is 0 Å². The smallest absolute Gasteiger partial charge is 0.159 e. The fraction of sp³-hybridized carbons (Fsp3) is 0.429. The predicted molar refractivity (Wildman–Crippen MR) is 118 cm³/mol. The van der Waals surface area contributed by atoms with Gasteiger partial charge in [-0.1, -0.05) is 18.5 Å². The molecule has 8 heteroatoms. The number of benzene rings is 1. The van der Waals surface area contributed by atoms with Gasteiger partial charge in [0.05, 0.1) is 24.0 Å². The van der Waals surface area contributed by atoms with E-state index >= 15 is 0 Å². The molecule has 0 saturated carbocycles. The van der Waals surface area contributed by atoms with Crippen molar-refractivity contribution in [2.75, 3.05) is 44.1 Å². The summed E-state index contributed by atoms with van der Waals surface area (Å²) in [6, 6.07) is 7.45. The van der Waals surface area contributed by atoms with Crippen LogP contribution in [-0.2, 0) is 4.74 Å². The monoisotopic (exact) mass is 417 g/mol. The zero-order valence-electron chi connectivity index (χ0n) is 17.4. The van der Waals surface area contributed by atoms with E-state index in [1.165, 1.54) is 0 Å². The first-order chi connectivity index (χ1) is 14.1. The molecule has 156 valence electrons. The minimum Gasteiger partial charge on any atom is -0.497 e. The molecule has 2 heterocycles. The average Bonchev–Trinajstić information content (AvgIpc) is 3.17. The molecule has 3 aromatic rings. The van der Waals surface area contributed by atoms with Crippen LogP contribution in [0.25, 0.3) is 5.65 Å². The van der Waals surface area contributed by atoms with Gasteiger partial charge >= 0.3 is 0 Å². The third kappa shape index (κ3) is 4.74. The Kier molecular flexibility index (Phi) is 7.17. The molecular weight excluding hydrogens is 390 g/mol. The van der Waals surface area contributed by atoms with E-state index < -0.39 is 0 Å². The van der Waals surface area contributed by atoms with Crippen LogP contribution in [0.1, 0.15) is 25.3 Å². The topological polar surface area (TPSA) is 63.9 Å². The molecule has 0 bridgehead atoms. The minimum atomic E-state index is 0.575. The molecule has 0 aliphatic carbocycles. The third-order valence-corrected chi connectivity index (χ3v) is 5.05. The maximum atomic E-state index is 6.43. The second-order valence-electron chi connectivity index (χ2n) is 6.81. The largest absolute Gasteiger partial charge is 0.497 e. The van der Waals surface area contributed by atoms with Gasteiger partial charge in [-0.15, -0.1) is 0 Å². The summed E-state index contributed by atoms with van der Waals surface area (Å²) in [6.07, 6.45) is 3.74. The number of hydrogen-bond acceptors (Lipinski definition) is 6. The molecule has 0 aliphatic heterocycles. The molecule has 0 aliphatic rings. The Bertz CT molecular complexity index is 960. The molecule has 29 heavy (non-hydrogen) atoms. The lowest BCUT2D eigenvalue weighted by Crippen LogP contribution is -2.29. The maximum Gasteiger partial charge on any atom is 0.159 e. The fourth-order valence-corrected chi connectivity index (χ4v) is 3.56. The first kappa shape index (κ1) is 21.2. The number of nitrogens with zero attached hydrogens (tertiary/aromatic N) is 4. The number of rotatable bonds is 10. The summed E-state index contributed by atoms with van der Waals surface area (Å²) in [4.78, 5) is 7.11. The first-order valence-corrected chi connectivity index (χ1v) is 10.2. The van der Waals surface area contributed by atoms with E-state index in [2.05, 4.69) is 29.2 Å². The van der Waals surface area contributed by atoms with Crippen LogP contribution in [0.4, 0.5) is 17.3 Å². The van der Waals surface area contributed by atoms with Gasteiger partial charge in [0.15, 0.2) is 5.65 Å². The maximum absolute atomic E-state index is 6.43. The van der Waals surface area contributed by atoms with Crippen molar-refractivity contribution >= 4 is 34.6 Å². The quantitative estimate of drug-likeness (QED) is 0.482. The van der Waals surface area contributed by atoms with Crippen LogP contribution in [0.3, 0.4) is 0 Å². The normalized spacial score (nSPS) is 11.1. The Balaban J connectivity index is 2.02. The molecule has 1 N–H and O–H groups in total. The molecule has 3 rings (SSSR count). The highest BCUT2D eigenvalue weighted by Gasteiger charge is 2.19. The van der Waals surface area contributed by atoms with Crippen LogP contribution >= 0.6 is 11.6 Å². The Morgan fingerprint density at radius 1 is 1.21 bits per heavy atom. The molecule has 0 unspecified atom stereocenters. The second kappa shape index (κ2) is 9.80. The zero-order valence-corrected chi connectivity index (χ0v) is 18.2. The van der Waals surface area contributed by atoms with E-state index in [-0.39, 0.29) is 0 Å². The molecule has 2 aromatic heterocycles. The van der Waals surface area contributed by atoms with Gasteiger partial charge in [0.25, 0.3) is 0 Å². The number of anilines is 3. The van der Waals surface area contributed by atoms with Crippen molar-refractivity contribution in [3.05, 3.63) is 41.0 Å². The van der Waals surface area contributed by atoms with E-state index in [0.717, 1.165) is 61.1 Å². The van der Waals surface area contributed by atoms with Crippen LogP contribution in [0, 0.1) is 6.92 Å². The summed E-state index contributed by atoms with van der Waals surface area (Å²) >= 11 is 6.43. The Morgan fingerprint density at radius 2 is 2.03 bits per heavy atom. The van der Waals surface area contributed by atoms with Gasteiger partial charge in [-0.05, 0) is 31.9 Å². The number of fused-ring (bicyclic) bond motifs is 1. The van der Waals surface area contributed by atoms with Crippen molar-refractivity contribution < 1.29 is 9.47 Å². The van der Waals surface area contributed by atoms with E-state index in [1.807, 2.05) is 22.7 Å². The lowest BCUT2D eigenvalue weighted by molar-refractivity contribution is 0.196. The lowest BCUT2D eigenvalue weighted by Gasteiger charge is -2.27. The number of aromatic nitrogens is 3. The van der Waals surface area contributed by atoms with Gasteiger partial charge < -0.3 is 19.7 Å². The van der Waals surface area contributed by atoms with Gasteiger partial charge in [0.1, 0.15) is 17.4 Å². The minimum absolute atomic E-state index is 0.575. The van der Waals surface area contributed by atoms with Crippen molar-refractivity contribution in [3.63, 3.8) is 0 Å². The summed E-state index contributed by atoms with van der Waals surface area (Å²) < 4.78 is 12.4. The number of halogens is 1. The summed E-state index contributed by atoms with van der Waals surface area (Å²) in [6.45, 7) is 6.76. The zero-order chi connectivity index (χ0) is 20.8. The number of methoxy groups -OCH3 is 2. The Morgan fingerprint density at radius 3 is 2.72 bits per heavy atom. The molecule has 0 saturated heterocycles. The van der Waals surface area contributed by atoms with Crippen LogP contribution in [0.15, 0.2) is 30.5 Å². The molecule has 1 aromatic carbocycles. The highest BCUT2D eigenvalue weighted by atomic mass is 35.5. The van der Waals surface area contributed by atoms with Crippen LogP contribution in [0.5, 0.6) is 5.75 Å². The standard InChI is InChI=1S/C21H28ClN5O2/c1-5-11-26(12-6-13-28-3)21-15(2)20(25-19-9-10-23-27(19)21)24-18-8-7-16(29-4)14-17(18)22/h7-10,14H,5-6,11-13H2,1-4H3,(H,24,25). The van der Waals surface area contributed by atoms with E-state index in [1.54, 1.807) is 26.5 Å². The molecule has 7 nitrogen and oxygen atoms in total. The van der Waals surface area contributed by atoms with Gasteiger partial charge in [-0.25, -0.2) is 4.98 Å².